The molecule has 1 heterocycles. The second-order valence-corrected chi connectivity index (χ2v) is 7.72. The second-order valence-electron chi connectivity index (χ2n) is 7.72. The number of carbonyl (C=O) groups is 1. The summed E-state index contributed by atoms with van der Waals surface area (Å²) >= 11 is 0. The van der Waals surface area contributed by atoms with Gasteiger partial charge in [0.25, 0.3) is 5.56 Å². The monoisotopic (exact) mass is 423 g/mol. The number of benzene rings is 2. The van der Waals surface area contributed by atoms with Gasteiger partial charge in [-0.3, -0.25) is 4.79 Å². The molecule has 0 fully saturated rings. The van der Waals surface area contributed by atoms with Crippen LogP contribution < -0.4 is 15.7 Å². The number of aromatic nitrogens is 1. The Bertz CT molecular complexity index is 1170. The van der Waals surface area contributed by atoms with Crippen LogP contribution in [-0.2, 0) is 4.74 Å². The van der Waals surface area contributed by atoms with E-state index in [4.69, 9.17) is 9.47 Å². The van der Waals surface area contributed by atoms with Crippen molar-refractivity contribution in [3.8, 4) is 17.3 Å². The molecule has 0 saturated carbocycles. The predicted octanol–water partition coefficient (Wildman–Crippen LogP) is 3.95. The van der Waals surface area contributed by atoms with Gasteiger partial charge in [-0.15, -0.1) is 0 Å². The number of nitrogens with one attached hydrogen (secondary N) is 1. The van der Waals surface area contributed by atoms with Crippen LogP contribution in [0.4, 0.5) is 4.79 Å². The van der Waals surface area contributed by atoms with E-state index in [9.17, 15) is 14.7 Å². The first-order chi connectivity index (χ1) is 14.7. The molecule has 0 aliphatic carbocycles. The zero-order chi connectivity index (χ0) is 22.6. The number of pyridine rings is 1. The second kappa shape index (κ2) is 8.91. The molecule has 0 radical (unpaired) electrons. The highest BCUT2D eigenvalue weighted by Gasteiger charge is 2.18. The third kappa shape index (κ3) is 5.03. The molecule has 0 saturated heterocycles. The maximum absolute atomic E-state index is 13.1. The third-order valence-corrected chi connectivity index (χ3v) is 4.26. The molecule has 3 aromatic rings. The summed E-state index contributed by atoms with van der Waals surface area (Å²) in [4.78, 5) is 24.9. The van der Waals surface area contributed by atoms with E-state index in [2.05, 4.69) is 10.5 Å². The van der Waals surface area contributed by atoms with Crippen LogP contribution in [0.1, 0.15) is 33.3 Å². The van der Waals surface area contributed by atoms with Crippen LogP contribution >= 0.6 is 0 Å². The van der Waals surface area contributed by atoms with Crippen molar-refractivity contribution in [3.05, 3.63) is 64.4 Å². The van der Waals surface area contributed by atoms with Crippen molar-refractivity contribution in [2.75, 3.05) is 6.61 Å². The van der Waals surface area contributed by atoms with E-state index in [1.807, 2.05) is 6.92 Å². The lowest BCUT2D eigenvalue weighted by atomic mass is 10.1. The first-order valence-corrected chi connectivity index (χ1v) is 9.83. The number of fused-ring (bicyclic) bond motifs is 1. The van der Waals surface area contributed by atoms with Crippen molar-refractivity contribution in [1.82, 2.24) is 9.99 Å². The van der Waals surface area contributed by atoms with Gasteiger partial charge in [0.05, 0.1) is 24.1 Å². The van der Waals surface area contributed by atoms with Gasteiger partial charge in [0, 0.05) is 10.8 Å². The fraction of sp³-hybridized carbons (Fsp3) is 0.261. The van der Waals surface area contributed by atoms with Crippen molar-refractivity contribution >= 4 is 23.1 Å². The molecule has 2 N–H and O–H groups in total. The van der Waals surface area contributed by atoms with Gasteiger partial charge in [0.15, 0.2) is 0 Å². The third-order valence-electron chi connectivity index (χ3n) is 4.26. The largest absolute Gasteiger partial charge is 0.494 e. The number of hydrazone groups is 1. The number of rotatable bonds is 5. The Morgan fingerprint density at radius 1 is 1.13 bits per heavy atom. The molecule has 0 aliphatic heterocycles. The highest BCUT2D eigenvalue weighted by atomic mass is 16.6. The van der Waals surface area contributed by atoms with Gasteiger partial charge in [0.2, 0.25) is 5.88 Å². The molecule has 0 spiro atoms. The molecule has 3 rings (SSSR count). The van der Waals surface area contributed by atoms with E-state index < -0.39 is 11.7 Å². The number of hydrogen-bond donors (Lipinski definition) is 2. The zero-order valence-electron chi connectivity index (χ0n) is 17.9. The van der Waals surface area contributed by atoms with Gasteiger partial charge in [-0.05, 0) is 58.0 Å². The molecule has 0 unspecified atom stereocenters. The summed E-state index contributed by atoms with van der Waals surface area (Å²) in [5.41, 5.74) is 1.96. The Balaban J connectivity index is 2.06. The number of carbonyl (C=O) groups excluding carboxylic acids is 1. The maximum atomic E-state index is 13.1. The lowest BCUT2D eigenvalue weighted by molar-refractivity contribution is 0.0529. The summed E-state index contributed by atoms with van der Waals surface area (Å²) in [6.07, 6.45) is 0.555. The Morgan fingerprint density at radius 2 is 1.77 bits per heavy atom. The number of amides is 1. The SMILES string of the molecule is CCOc1ccc(-n2c(O)c(C=NNC(=O)OC(C)(C)C)c3ccccc3c2=O)cc1. The van der Waals surface area contributed by atoms with E-state index in [-0.39, 0.29) is 17.0 Å². The highest BCUT2D eigenvalue weighted by Crippen LogP contribution is 2.26. The first-order valence-electron chi connectivity index (χ1n) is 9.83. The van der Waals surface area contributed by atoms with Crippen molar-refractivity contribution in [2.24, 2.45) is 5.10 Å². The summed E-state index contributed by atoms with van der Waals surface area (Å²) in [5.74, 6) is 0.352. The molecular weight excluding hydrogens is 398 g/mol. The predicted molar refractivity (Wildman–Crippen MR) is 119 cm³/mol. The molecule has 1 aromatic heterocycles. The van der Waals surface area contributed by atoms with Gasteiger partial charge in [-0.1, -0.05) is 18.2 Å². The lowest BCUT2D eigenvalue weighted by Crippen LogP contribution is -2.29. The number of hydrogen-bond acceptors (Lipinski definition) is 6. The number of ether oxygens (including phenoxy) is 2. The smallest absolute Gasteiger partial charge is 0.428 e. The van der Waals surface area contributed by atoms with Crippen LogP contribution in [0.3, 0.4) is 0 Å². The minimum Gasteiger partial charge on any atom is -0.494 e. The van der Waals surface area contributed by atoms with E-state index in [0.29, 0.717) is 28.8 Å². The molecule has 162 valence electrons. The first kappa shape index (κ1) is 21.9. The van der Waals surface area contributed by atoms with Gasteiger partial charge < -0.3 is 14.6 Å². The van der Waals surface area contributed by atoms with E-state index in [1.54, 1.807) is 69.3 Å². The average molecular weight is 423 g/mol. The van der Waals surface area contributed by atoms with E-state index >= 15 is 0 Å². The molecule has 8 nitrogen and oxygen atoms in total. The number of aromatic hydroxyl groups is 1. The van der Waals surface area contributed by atoms with Crippen LogP contribution in [0, 0.1) is 0 Å². The Kier molecular flexibility index (Phi) is 6.29. The van der Waals surface area contributed by atoms with Gasteiger partial charge >= 0.3 is 6.09 Å². The minimum atomic E-state index is -0.729. The molecule has 0 atom stereocenters. The van der Waals surface area contributed by atoms with Crippen LogP contribution in [0.2, 0.25) is 0 Å². The lowest BCUT2D eigenvalue weighted by Gasteiger charge is -2.18. The summed E-state index contributed by atoms with van der Waals surface area (Å²) in [6, 6.07) is 13.7. The van der Waals surface area contributed by atoms with Gasteiger partial charge in [0.1, 0.15) is 11.4 Å². The van der Waals surface area contributed by atoms with Crippen molar-refractivity contribution in [3.63, 3.8) is 0 Å². The summed E-state index contributed by atoms with van der Waals surface area (Å²) in [7, 11) is 0. The molecular formula is C23H25N3O5. The fourth-order valence-electron chi connectivity index (χ4n) is 3.04. The van der Waals surface area contributed by atoms with Crippen LogP contribution in [0.15, 0.2) is 58.4 Å². The van der Waals surface area contributed by atoms with Crippen molar-refractivity contribution in [1.29, 1.82) is 0 Å². The fourth-order valence-corrected chi connectivity index (χ4v) is 3.04. The van der Waals surface area contributed by atoms with Crippen LogP contribution in [0.25, 0.3) is 16.5 Å². The molecule has 31 heavy (non-hydrogen) atoms. The van der Waals surface area contributed by atoms with Crippen molar-refractivity contribution < 1.29 is 19.4 Å². The van der Waals surface area contributed by atoms with E-state index in [1.165, 1.54) is 10.8 Å². The number of nitrogens with zero attached hydrogens (tertiary/aromatic N) is 2. The molecule has 1 amide bonds. The van der Waals surface area contributed by atoms with Gasteiger partial charge in [-0.2, -0.15) is 5.10 Å². The normalized spacial score (nSPS) is 11.6. The standard InChI is InChI=1S/C23H25N3O5/c1-5-30-16-12-10-15(11-13-16)26-20(27)18-9-7-6-8-17(18)19(21(26)28)14-24-25-22(29)31-23(2,3)4/h6-14,28H,5H2,1-4H3,(H,25,29). The zero-order valence-corrected chi connectivity index (χ0v) is 17.9. The maximum Gasteiger partial charge on any atom is 0.428 e. The Morgan fingerprint density at radius 3 is 2.39 bits per heavy atom. The quantitative estimate of drug-likeness (QED) is 0.478. The van der Waals surface area contributed by atoms with Crippen molar-refractivity contribution in [2.45, 2.75) is 33.3 Å². The molecule has 0 aliphatic rings. The summed E-state index contributed by atoms with van der Waals surface area (Å²) < 4.78 is 11.8. The minimum absolute atomic E-state index is 0.278. The van der Waals surface area contributed by atoms with Crippen LogP contribution in [0.5, 0.6) is 11.6 Å². The topological polar surface area (TPSA) is 102 Å². The summed E-state index contributed by atoms with van der Waals surface area (Å²) in [5, 5.41) is 15.7. The summed E-state index contributed by atoms with van der Waals surface area (Å²) in [6.45, 7) is 7.61. The van der Waals surface area contributed by atoms with E-state index in [0.717, 1.165) is 0 Å². The molecule has 2 aromatic carbocycles. The van der Waals surface area contributed by atoms with Crippen LogP contribution in [-0.4, -0.2) is 34.2 Å². The highest BCUT2D eigenvalue weighted by molar-refractivity contribution is 6.01. The Hall–Kier alpha value is -3.81. The Labute approximate surface area is 179 Å². The molecule has 8 heteroatoms. The average Bonchev–Trinajstić information content (AvgIpc) is 2.71. The van der Waals surface area contributed by atoms with Gasteiger partial charge in [-0.25, -0.2) is 14.8 Å². The molecule has 0 bridgehead atoms.